The maximum absolute atomic E-state index is 10.5. The number of carbonyl (C=O) groups excluding carboxylic acids is 1. The first-order chi connectivity index (χ1) is 8.28. The van der Waals surface area contributed by atoms with Gasteiger partial charge in [-0.3, -0.25) is 9.36 Å². The van der Waals surface area contributed by atoms with Crippen molar-refractivity contribution in [3.8, 4) is 5.95 Å². The summed E-state index contributed by atoms with van der Waals surface area (Å²) in [5, 5.41) is 0. The molecule has 86 valence electrons. The topological polar surface area (TPSA) is 60.7 Å². The van der Waals surface area contributed by atoms with Gasteiger partial charge in [0, 0.05) is 24.5 Å². The van der Waals surface area contributed by atoms with E-state index in [-0.39, 0.29) is 0 Å². The summed E-state index contributed by atoms with van der Waals surface area (Å²) in [6, 6.07) is 0. The highest BCUT2D eigenvalue weighted by atomic mass is 16.1. The molecule has 1 aliphatic carbocycles. The minimum Gasteiger partial charge on any atom is -0.298 e. The van der Waals surface area contributed by atoms with E-state index in [2.05, 4.69) is 15.0 Å². The van der Waals surface area contributed by atoms with E-state index < -0.39 is 0 Å². The molecule has 0 spiro atoms. The van der Waals surface area contributed by atoms with Gasteiger partial charge in [0.1, 0.15) is 5.82 Å². The maximum Gasteiger partial charge on any atom is 0.235 e. The van der Waals surface area contributed by atoms with Crippen LogP contribution in [0.5, 0.6) is 0 Å². The quantitative estimate of drug-likeness (QED) is 0.749. The Balaban J connectivity index is 2.04. The van der Waals surface area contributed by atoms with Crippen LogP contribution in [0.2, 0.25) is 0 Å². The molecular formula is C12H12N4O. The average molecular weight is 228 g/mol. The second kappa shape index (κ2) is 3.76. The van der Waals surface area contributed by atoms with Crippen LogP contribution in [0.1, 0.15) is 40.6 Å². The molecule has 2 aromatic heterocycles. The van der Waals surface area contributed by atoms with Crippen molar-refractivity contribution in [2.75, 3.05) is 0 Å². The van der Waals surface area contributed by atoms with E-state index in [9.17, 15) is 4.79 Å². The lowest BCUT2D eigenvalue weighted by molar-refractivity contribution is 0.112. The van der Waals surface area contributed by atoms with E-state index in [0.29, 0.717) is 17.4 Å². The fourth-order valence-corrected chi connectivity index (χ4v) is 1.82. The third kappa shape index (κ3) is 1.84. The standard InChI is InChI=1S/C12H12N4O/c1-8-6-16(11(15-8)10-2-3-10)12-13-4-9(7-17)5-14-12/h4-7,10H,2-3H2,1H3. The van der Waals surface area contributed by atoms with E-state index in [4.69, 9.17) is 0 Å². The van der Waals surface area contributed by atoms with Crippen LogP contribution >= 0.6 is 0 Å². The van der Waals surface area contributed by atoms with Crippen molar-refractivity contribution in [1.29, 1.82) is 0 Å². The van der Waals surface area contributed by atoms with Crippen molar-refractivity contribution in [2.24, 2.45) is 0 Å². The van der Waals surface area contributed by atoms with Gasteiger partial charge < -0.3 is 0 Å². The van der Waals surface area contributed by atoms with E-state index in [1.54, 1.807) is 0 Å². The lowest BCUT2D eigenvalue weighted by Gasteiger charge is -2.04. The molecule has 17 heavy (non-hydrogen) atoms. The molecule has 0 amide bonds. The smallest absolute Gasteiger partial charge is 0.235 e. The summed E-state index contributed by atoms with van der Waals surface area (Å²) in [7, 11) is 0. The SMILES string of the molecule is Cc1cn(-c2ncc(C=O)cn2)c(C2CC2)n1. The fourth-order valence-electron chi connectivity index (χ4n) is 1.82. The Morgan fingerprint density at radius 1 is 1.35 bits per heavy atom. The number of carbonyl (C=O) groups is 1. The Bertz CT molecular complexity index is 554. The van der Waals surface area contributed by atoms with Gasteiger partial charge in [0.2, 0.25) is 5.95 Å². The lowest BCUT2D eigenvalue weighted by Crippen LogP contribution is -2.04. The van der Waals surface area contributed by atoms with Gasteiger partial charge in [-0.05, 0) is 19.8 Å². The Labute approximate surface area is 98.5 Å². The molecule has 1 fully saturated rings. The molecule has 1 aliphatic rings. The molecular weight excluding hydrogens is 216 g/mol. The Hall–Kier alpha value is -2.04. The number of hydrogen-bond acceptors (Lipinski definition) is 4. The van der Waals surface area contributed by atoms with Crippen LogP contribution in [0.25, 0.3) is 5.95 Å². The molecule has 5 heteroatoms. The highest BCUT2D eigenvalue weighted by molar-refractivity contribution is 5.73. The lowest BCUT2D eigenvalue weighted by atomic mass is 10.4. The van der Waals surface area contributed by atoms with Crippen LogP contribution in [0, 0.1) is 6.92 Å². The second-order valence-electron chi connectivity index (χ2n) is 4.32. The molecule has 0 unspecified atom stereocenters. The second-order valence-corrected chi connectivity index (χ2v) is 4.32. The summed E-state index contributed by atoms with van der Waals surface area (Å²) in [6.45, 7) is 1.96. The molecule has 0 bridgehead atoms. The number of aromatic nitrogens is 4. The van der Waals surface area contributed by atoms with Crippen LogP contribution in [-0.2, 0) is 0 Å². The normalized spacial score (nSPS) is 14.9. The molecule has 2 aromatic rings. The van der Waals surface area contributed by atoms with Crippen LogP contribution in [-0.4, -0.2) is 25.8 Å². The van der Waals surface area contributed by atoms with Crippen LogP contribution in [0.3, 0.4) is 0 Å². The van der Waals surface area contributed by atoms with Crippen molar-refractivity contribution < 1.29 is 4.79 Å². The van der Waals surface area contributed by atoms with Gasteiger partial charge in [0.25, 0.3) is 0 Å². The van der Waals surface area contributed by atoms with Crippen LogP contribution in [0.4, 0.5) is 0 Å². The first-order valence-electron chi connectivity index (χ1n) is 5.61. The van der Waals surface area contributed by atoms with Gasteiger partial charge in [-0.2, -0.15) is 0 Å². The highest BCUT2D eigenvalue weighted by Gasteiger charge is 2.29. The molecule has 0 N–H and O–H groups in total. The van der Waals surface area contributed by atoms with E-state index in [0.717, 1.165) is 17.8 Å². The van der Waals surface area contributed by atoms with Crippen molar-refractivity contribution in [3.05, 3.63) is 35.7 Å². The molecule has 0 aromatic carbocycles. The monoisotopic (exact) mass is 228 g/mol. The number of hydrogen-bond donors (Lipinski definition) is 0. The predicted molar refractivity (Wildman–Crippen MR) is 61.3 cm³/mol. The number of aryl methyl sites for hydroxylation is 1. The molecule has 0 aliphatic heterocycles. The van der Waals surface area contributed by atoms with Gasteiger partial charge in [0.05, 0.1) is 11.3 Å². The third-order valence-electron chi connectivity index (χ3n) is 2.81. The zero-order valence-electron chi connectivity index (χ0n) is 9.50. The predicted octanol–water partition coefficient (Wildman–Crippen LogP) is 1.66. The minimum absolute atomic E-state index is 0.485. The number of rotatable bonds is 3. The molecule has 0 saturated heterocycles. The summed E-state index contributed by atoms with van der Waals surface area (Å²) in [6.07, 6.45) is 8.10. The Morgan fingerprint density at radius 2 is 2.06 bits per heavy atom. The zero-order chi connectivity index (χ0) is 11.8. The first kappa shape index (κ1) is 10.1. The molecule has 0 radical (unpaired) electrons. The van der Waals surface area contributed by atoms with Crippen LogP contribution < -0.4 is 0 Å². The van der Waals surface area contributed by atoms with Gasteiger partial charge in [-0.25, -0.2) is 15.0 Å². The third-order valence-corrected chi connectivity index (χ3v) is 2.81. The largest absolute Gasteiger partial charge is 0.298 e. The Kier molecular flexibility index (Phi) is 2.24. The van der Waals surface area contributed by atoms with Crippen molar-refractivity contribution in [2.45, 2.75) is 25.7 Å². The molecule has 2 heterocycles. The highest BCUT2D eigenvalue weighted by Crippen LogP contribution is 2.39. The maximum atomic E-state index is 10.5. The Morgan fingerprint density at radius 3 is 2.65 bits per heavy atom. The number of nitrogens with zero attached hydrogens (tertiary/aromatic N) is 4. The van der Waals surface area contributed by atoms with Gasteiger partial charge in [-0.15, -0.1) is 0 Å². The summed E-state index contributed by atoms with van der Waals surface area (Å²) in [5.74, 6) is 2.15. The average Bonchev–Trinajstić information content (AvgIpc) is 3.13. The number of aldehydes is 1. The molecule has 5 nitrogen and oxygen atoms in total. The van der Waals surface area contributed by atoms with E-state index >= 15 is 0 Å². The van der Waals surface area contributed by atoms with Crippen molar-refractivity contribution in [3.63, 3.8) is 0 Å². The van der Waals surface area contributed by atoms with E-state index in [1.165, 1.54) is 25.2 Å². The summed E-state index contributed by atoms with van der Waals surface area (Å²) in [5.41, 5.74) is 1.45. The first-order valence-corrected chi connectivity index (χ1v) is 5.61. The van der Waals surface area contributed by atoms with Crippen molar-refractivity contribution in [1.82, 2.24) is 19.5 Å². The van der Waals surface area contributed by atoms with Gasteiger partial charge >= 0.3 is 0 Å². The zero-order valence-corrected chi connectivity index (χ0v) is 9.50. The van der Waals surface area contributed by atoms with Crippen molar-refractivity contribution >= 4 is 6.29 Å². The minimum atomic E-state index is 0.485. The van der Waals surface area contributed by atoms with E-state index in [1.807, 2.05) is 17.7 Å². The number of imidazole rings is 1. The molecule has 0 atom stereocenters. The summed E-state index contributed by atoms with van der Waals surface area (Å²) in [4.78, 5) is 23.4. The fraction of sp³-hybridized carbons (Fsp3) is 0.333. The summed E-state index contributed by atoms with van der Waals surface area (Å²) < 4.78 is 1.92. The summed E-state index contributed by atoms with van der Waals surface area (Å²) >= 11 is 0. The molecule has 1 saturated carbocycles. The molecule has 3 rings (SSSR count). The van der Waals surface area contributed by atoms with Crippen LogP contribution in [0.15, 0.2) is 18.6 Å². The van der Waals surface area contributed by atoms with Gasteiger partial charge in [0.15, 0.2) is 6.29 Å². The van der Waals surface area contributed by atoms with Gasteiger partial charge in [-0.1, -0.05) is 0 Å².